The number of rotatable bonds is 5. The van der Waals surface area contributed by atoms with Crippen molar-refractivity contribution in [3.63, 3.8) is 0 Å². The Hall–Kier alpha value is -3.25. The lowest BCUT2D eigenvalue weighted by molar-refractivity contribution is 0.201. The van der Waals surface area contributed by atoms with Crippen LogP contribution in [0.1, 0.15) is 30.1 Å². The number of pyridine rings is 2. The van der Waals surface area contributed by atoms with E-state index in [1.807, 2.05) is 24.4 Å². The second-order valence-electron chi connectivity index (χ2n) is 8.06. The molecular weight excluding hydrogens is 391 g/mol. The highest BCUT2D eigenvalue weighted by Crippen LogP contribution is 2.37. The Morgan fingerprint density at radius 2 is 1.90 bits per heavy atom. The molecular formula is C25H25FN4O. The second-order valence-corrected chi connectivity index (χ2v) is 8.06. The Bertz CT molecular complexity index is 1180. The molecule has 3 aromatic heterocycles. The summed E-state index contributed by atoms with van der Waals surface area (Å²) in [5.41, 5.74) is 4.81. The van der Waals surface area contributed by atoms with Crippen LogP contribution in [0.15, 0.2) is 60.9 Å². The van der Waals surface area contributed by atoms with E-state index in [0.29, 0.717) is 11.7 Å². The van der Waals surface area contributed by atoms with Crippen LogP contribution in [0.2, 0.25) is 0 Å². The van der Waals surface area contributed by atoms with E-state index < -0.39 is 0 Å². The van der Waals surface area contributed by atoms with Crippen LogP contribution in [0.4, 0.5) is 4.39 Å². The van der Waals surface area contributed by atoms with Gasteiger partial charge in [0.2, 0.25) is 0 Å². The fourth-order valence-corrected chi connectivity index (χ4v) is 4.52. The Morgan fingerprint density at radius 3 is 2.68 bits per heavy atom. The van der Waals surface area contributed by atoms with Crippen LogP contribution >= 0.6 is 0 Å². The van der Waals surface area contributed by atoms with E-state index in [9.17, 15) is 4.39 Å². The number of H-pyrrole nitrogens is 1. The molecule has 0 spiro atoms. The van der Waals surface area contributed by atoms with E-state index >= 15 is 0 Å². The van der Waals surface area contributed by atoms with E-state index in [2.05, 4.69) is 32.0 Å². The molecule has 4 aromatic rings. The monoisotopic (exact) mass is 416 g/mol. The Labute approximate surface area is 180 Å². The number of methoxy groups -OCH3 is 1. The topological polar surface area (TPSA) is 54.0 Å². The summed E-state index contributed by atoms with van der Waals surface area (Å²) in [7, 11) is 1.61. The lowest BCUT2D eigenvalue weighted by Gasteiger charge is -2.31. The maximum atomic E-state index is 14.0. The molecule has 0 aliphatic carbocycles. The molecule has 1 aliphatic rings. The molecule has 1 N–H and O–H groups in total. The van der Waals surface area contributed by atoms with Crippen molar-refractivity contribution in [2.24, 2.45) is 0 Å². The standard InChI is InChI=1S/C25H25FN4O/c1-31-24-6-5-18(26)14-21(24)20-7-11-28-25-22(20)15-23(29-25)17-8-12-30(13-9-17)16-19-4-2-3-10-27-19/h2-7,10-11,14-15,17H,8-9,12-13,16H2,1H3,(H,28,29). The van der Waals surface area contributed by atoms with Crippen LogP contribution in [0, 0.1) is 5.82 Å². The summed E-state index contributed by atoms with van der Waals surface area (Å²) < 4.78 is 19.4. The molecule has 5 rings (SSSR count). The number of benzene rings is 1. The van der Waals surface area contributed by atoms with Gasteiger partial charge in [0.15, 0.2) is 0 Å². The molecule has 1 aromatic carbocycles. The maximum absolute atomic E-state index is 14.0. The number of ether oxygens (including phenoxy) is 1. The molecule has 158 valence electrons. The van der Waals surface area contributed by atoms with Gasteiger partial charge in [-0.05, 0) is 74.0 Å². The normalized spacial score (nSPS) is 15.4. The average molecular weight is 417 g/mol. The highest BCUT2D eigenvalue weighted by Gasteiger charge is 2.23. The second kappa shape index (κ2) is 8.47. The van der Waals surface area contributed by atoms with E-state index in [4.69, 9.17) is 4.74 Å². The summed E-state index contributed by atoms with van der Waals surface area (Å²) in [6.45, 7) is 2.97. The van der Waals surface area contributed by atoms with Gasteiger partial charge >= 0.3 is 0 Å². The van der Waals surface area contributed by atoms with Crippen molar-refractivity contribution in [2.75, 3.05) is 20.2 Å². The molecule has 1 fully saturated rings. The molecule has 5 nitrogen and oxygen atoms in total. The molecule has 0 saturated carbocycles. The summed E-state index contributed by atoms with van der Waals surface area (Å²) in [6.07, 6.45) is 5.78. The number of aromatic nitrogens is 3. The molecule has 6 heteroatoms. The van der Waals surface area contributed by atoms with Crippen LogP contribution in [0.25, 0.3) is 22.2 Å². The highest BCUT2D eigenvalue weighted by molar-refractivity contribution is 5.95. The summed E-state index contributed by atoms with van der Waals surface area (Å²) in [5.74, 6) is 0.827. The molecule has 0 amide bonds. The number of halogens is 1. The predicted octanol–water partition coefficient (Wildman–Crippen LogP) is 5.15. The van der Waals surface area contributed by atoms with Gasteiger partial charge in [0.25, 0.3) is 0 Å². The number of nitrogens with zero attached hydrogens (tertiary/aromatic N) is 3. The molecule has 31 heavy (non-hydrogen) atoms. The largest absolute Gasteiger partial charge is 0.496 e. The molecule has 4 heterocycles. The van der Waals surface area contributed by atoms with Crippen molar-refractivity contribution < 1.29 is 9.13 Å². The fourth-order valence-electron chi connectivity index (χ4n) is 4.52. The quantitative estimate of drug-likeness (QED) is 0.489. The number of fused-ring (bicyclic) bond motifs is 1. The van der Waals surface area contributed by atoms with E-state index in [-0.39, 0.29) is 5.82 Å². The minimum Gasteiger partial charge on any atom is -0.496 e. The zero-order valence-electron chi connectivity index (χ0n) is 17.5. The van der Waals surface area contributed by atoms with Gasteiger partial charge in [-0.25, -0.2) is 9.37 Å². The van der Waals surface area contributed by atoms with Crippen LogP contribution in [-0.2, 0) is 6.54 Å². The minimum absolute atomic E-state index is 0.281. The minimum atomic E-state index is -0.281. The number of likely N-dealkylation sites (tertiary alicyclic amines) is 1. The van der Waals surface area contributed by atoms with Crippen LogP contribution in [0.3, 0.4) is 0 Å². The Morgan fingerprint density at radius 1 is 1.03 bits per heavy atom. The third-order valence-corrected chi connectivity index (χ3v) is 6.14. The molecule has 0 radical (unpaired) electrons. The number of hydrogen-bond acceptors (Lipinski definition) is 4. The zero-order chi connectivity index (χ0) is 21.2. The number of piperidine rings is 1. The van der Waals surface area contributed by atoms with Gasteiger partial charge in [0, 0.05) is 41.5 Å². The molecule has 0 atom stereocenters. The van der Waals surface area contributed by atoms with Gasteiger partial charge in [-0.3, -0.25) is 9.88 Å². The van der Waals surface area contributed by atoms with Crippen molar-refractivity contribution in [3.8, 4) is 16.9 Å². The number of hydrogen-bond donors (Lipinski definition) is 1. The van der Waals surface area contributed by atoms with E-state index in [1.54, 1.807) is 19.4 Å². The summed E-state index contributed by atoms with van der Waals surface area (Å²) in [5, 5.41) is 0.998. The molecule has 0 bridgehead atoms. The third-order valence-electron chi connectivity index (χ3n) is 6.14. The van der Waals surface area contributed by atoms with Gasteiger partial charge < -0.3 is 9.72 Å². The van der Waals surface area contributed by atoms with Gasteiger partial charge in [-0.1, -0.05) is 6.07 Å². The summed E-state index contributed by atoms with van der Waals surface area (Å²) in [4.78, 5) is 14.9. The first kappa shape index (κ1) is 19.7. The van der Waals surface area contributed by atoms with Crippen LogP contribution in [0.5, 0.6) is 5.75 Å². The predicted molar refractivity (Wildman–Crippen MR) is 120 cm³/mol. The molecule has 0 unspecified atom stereocenters. The smallest absolute Gasteiger partial charge is 0.138 e. The first-order valence-electron chi connectivity index (χ1n) is 10.6. The van der Waals surface area contributed by atoms with Crippen LogP contribution in [-0.4, -0.2) is 40.1 Å². The van der Waals surface area contributed by atoms with Crippen molar-refractivity contribution in [2.45, 2.75) is 25.3 Å². The fraction of sp³-hybridized carbons (Fsp3) is 0.280. The average Bonchev–Trinajstić information content (AvgIpc) is 3.25. The van der Waals surface area contributed by atoms with Crippen molar-refractivity contribution in [3.05, 3.63) is 78.1 Å². The van der Waals surface area contributed by atoms with Gasteiger partial charge in [0.1, 0.15) is 17.2 Å². The summed E-state index contributed by atoms with van der Waals surface area (Å²) >= 11 is 0. The third kappa shape index (κ3) is 4.03. The number of aromatic amines is 1. The molecule has 1 saturated heterocycles. The van der Waals surface area contributed by atoms with Gasteiger partial charge in [-0.2, -0.15) is 0 Å². The lowest BCUT2D eigenvalue weighted by atomic mass is 9.93. The first-order chi connectivity index (χ1) is 15.2. The Balaban J connectivity index is 1.38. The lowest BCUT2D eigenvalue weighted by Crippen LogP contribution is -2.32. The summed E-state index contributed by atoms with van der Waals surface area (Å²) in [6, 6.07) is 14.8. The Kier molecular flexibility index (Phi) is 5.38. The number of nitrogens with one attached hydrogen (secondary N) is 1. The van der Waals surface area contributed by atoms with Gasteiger partial charge in [-0.15, -0.1) is 0 Å². The zero-order valence-corrected chi connectivity index (χ0v) is 17.5. The van der Waals surface area contributed by atoms with Crippen LogP contribution < -0.4 is 4.74 Å². The van der Waals surface area contributed by atoms with E-state index in [0.717, 1.165) is 60.3 Å². The van der Waals surface area contributed by atoms with Crippen molar-refractivity contribution >= 4 is 11.0 Å². The maximum Gasteiger partial charge on any atom is 0.138 e. The van der Waals surface area contributed by atoms with Crippen molar-refractivity contribution in [1.82, 2.24) is 19.9 Å². The van der Waals surface area contributed by atoms with Gasteiger partial charge in [0.05, 0.1) is 12.8 Å². The highest BCUT2D eigenvalue weighted by atomic mass is 19.1. The SMILES string of the molecule is COc1ccc(F)cc1-c1ccnc2[nH]c(C3CCN(Cc4ccccn4)CC3)cc12. The van der Waals surface area contributed by atoms with E-state index in [1.165, 1.54) is 17.8 Å². The molecule has 1 aliphatic heterocycles. The first-order valence-corrected chi connectivity index (χ1v) is 10.6. The van der Waals surface area contributed by atoms with Crippen molar-refractivity contribution in [1.29, 1.82) is 0 Å².